The van der Waals surface area contributed by atoms with Crippen molar-refractivity contribution in [1.29, 1.82) is 0 Å². The number of fused-ring (bicyclic) bond motifs is 3. The van der Waals surface area contributed by atoms with E-state index in [0.717, 1.165) is 11.0 Å². The van der Waals surface area contributed by atoms with Crippen molar-refractivity contribution in [3.05, 3.63) is 48.5 Å². The van der Waals surface area contributed by atoms with Crippen LogP contribution in [0.25, 0.3) is 21.8 Å². The van der Waals surface area contributed by atoms with E-state index in [1.54, 1.807) is 0 Å². The zero-order valence-corrected chi connectivity index (χ0v) is 14.7. The quantitative estimate of drug-likeness (QED) is 0.694. The number of hydrogen-bond acceptors (Lipinski definition) is 3. The van der Waals surface area contributed by atoms with E-state index in [1.165, 1.54) is 10.8 Å². The number of primary amides is 1. The Morgan fingerprint density at radius 1 is 1.08 bits per heavy atom. The van der Waals surface area contributed by atoms with Crippen molar-refractivity contribution in [2.75, 3.05) is 13.1 Å². The minimum Gasteiger partial charge on any atom is -0.390 e. The van der Waals surface area contributed by atoms with Crippen LogP contribution in [-0.2, 0) is 11.3 Å². The average Bonchev–Trinajstić information content (AvgIpc) is 2.88. The fourth-order valence-electron chi connectivity index (χ4n) is 3.40. The highest BCUT2D eigenvalue weighted by molar-refractivity contribution is 6.07. The Labute approximate surface area is 147 Å². The van der Waals surface area contributed by atoms with E-state index >= 15 is 0 Å². The van der Waals surface area contributed by atoms with Crippen molar-refractivity contribution in [3.8, 4) is 0 Å². The van der Waals surface area contributed by atoms with Crippen LogP contribution in [0.2, 0.25) is 0 Å². The molecule has 25 heavy (non-hydrogen) atoms. The van der Waals surface area contributed by atoms with Gasteiger partial charge in [-0.2, -0.15) is 0 Å². The van der Waals surface area contributed by atoms with Crippen molar-refractivity contribution >= 4 is 27.7 Å². The van der Waals surface area contributed by atoms with Crippen LogP contribution in [0.15, 0.2) is 48.5 Å². The van der Waals surface area contributed by atoms with Gasteiger partial charge in [-0.1, -0.05) is 36.4 Å². The summed E-state index contributed by atoms with van der Waals surface area (Å²) >= 11 is 0. The molecule has 3 N–H and O–H groups in total. The molecular formula is C20H25N3O2. The monoisotopic (exact) mass is 339 g/mol. The lowest BCUT2D eigenvalue weighted by Crippen LogP contribution is -2.43. The molecule has 0 bridgehead atoms. The van der Waals surface area contributed by atoms with Gasteiger partial charge in [0, 0.05) is 34.4 Å². The van der Waals surface area contributed by atoms with Gasteiger partial charge in [0.25, 0.3) is 0 Å². The number of carbonyl (C=O) groups excluding carboxylic acids is 1. The number of benzene rings is 2. The molecule has 5 heteroatoms. The first kappa shape index (κ1) is 17.5. The lowest BCUT2D eigenvalue weighted by atomic mass is 10.2. The number of amides is 1. The molecule has 0 fully saturated rings. The van der Waals surface area contributed by atoms with E-state index in [2.05, 4.69) is 28.8 Å². The topological polar surface area (TPSA) is 71.5 Å². The maximum absolute atomic E-state index is 11.3. The predicted molar refractivity (Wildman–Crippen MR) is 101 cm³/mol. The third kappa shape index (κ3) is 3.67. The Kier molecular flexibility index (Phi) is 5.06. The Morgan fingerprint density at radius 2 is 1.60 bits per heavy atom. The van der Waals surface area contributed by atoms with E-state index in [-0.39, 0.29) is 18.5 Å². The maximum Gasteiger partial charge on any atom is 0.231 e. The van der Waals surface area contributed by atoms with Crippen LogP contribution in [0, 0.1) is 0 Å². The number of nitrogens with two attached hydrogens (primary N) is 1. The Balaban J connectivity index is 1.90. The van der Waals surface area contributed by atoms with E-state index in [0.29, 0.717) is 13.1 Å². The molecule has 5 nitrogen and oxygen atoms in total. The van der Waals surface area contributed by atoms with Crippen LogP contribution in [0.5, 0.6) is 0 Å². The van der Waals surface area contributed by atoms with Gasteiger partial charge >= 0.3 is 0 Å². The summed E-state index contributed by atoms with van der Waals surface area (Å²) in [5, 5.41) is 13.0. The summed E-state index contributed by atoms with van der Waals surface area (Å²) in [6.07, 6.45) is -0.596. The number of carbonyl (C=O) groups is 1. The lowest BCUT2D eigenvalue weighted by Gasteiger charge is -2.27. The molecule has 0 aliphatic carbocycles. The highest BCUT2D eigenvalue weighted by atomic mass is 16.3. The van der Waals surface area contributed by atoms with Crippen molar-refractivity contribution in [3.63, 3.8) is 0 Å². The van der Waals surface area contributed by atoms with E-state index in [9.17, 15) is 9.90 Å². The second kappa shape index (κ2) is 7.25. The van der Waals surface area contributed by atoms with Gasteiger partial charge in [-0.15, -0.1) is 0 Å². The summed E-state index contributed by atoms with van der Waals surface area (Å²) in [4.78, 5) is 13.2. The molecule has 1 amide bonds. The normalized spacial score (nSPS) is 13.2. The van der Waals surface area contributed by atoms with Crippen molar-refractivity contribution in [2.24, 2.45) is 5.73 Å². The number of rotatable bonds is 7. The molecule has 0 spiro atoms. The zero-order chi connectivity index (χ0) is 18.0. The molecule has 1 heterocycles. The maximum atomic E-state index is 11.3. The van der Waals surface area contributed by atoms with Crippen LogP contribution in [0.3, 0.4) is 0 Å². The first-order chi connectivity index (χ1) is 12.0. The first-order valence-corrected chi connectivity index (χ1v) is 8.63. The number of hydrogen-bond donors (Lipinski definition) is 2. The molecule has 2 aromatic carbocycles. The summed E-state index contributed by atoms with van der Waals surface area (Å²) < 4.78 is 2.15. The van der Waals surface area contributed by atoms with E-state index in [4.69, 9.17) is 5.73 Å². The molecule has 1 atom stereocenters. The van der Waals surface area contributed by atoms with Crippen LogP contribution in [-0.4, -0.2) is 45.7 Å². The van der Waals surface area contributed by atoms with E-state index in [1.807, 2.05) is 43.0 Å². The summed E-state index contributed by atoms with van der Waals surface area (Å²) in [6, 6.07) is 16.6. The molecule has 0 saturated carbocycles. The third-order valence-electron chi connectivity index (χ3n) is 4.61. The number of para-hydroxylation sites is 2. The summed E-state index contributed by atoms with van der Waals surface area (Å²) in [5.74, 6) is -0.377. The highest BCUT2D eigenvalue weighted by Gasteiger charge is 2.19. The molecule has 3 rings (SSSR count). The molecule has 0 aliphatic rings. The fraction of sp³-hybridized carbons (Fsp3) is 0.350. The standard InChI is InChI=1S/C20H25N3O2/c1-14(2)22(13-20(21)25)11-15(24)12-23-18-9-5-3-7-16(18)17-8-4-6-10-19(17)23/h3-10,14-15,24H,11-13H2,1-2H3,(H2,21,25). The van der Waals surface area contributed by atoms with Gasteiger partial charge in [-0.05, 0) is 26.0 Å². The second-order valence-electron chi connectivity index (χ2n) is 6.79. The van der Waals surface area contributed by atoms with Gasteiger partial charge in [-0.25, -0.2) is 0 Å². The molecular weight excluding hydrogens is 314 g/mol. The van der Waals surface area contributed by atoms with Crippen molar-refractivity contribution in [1.82, 2.24) is 9.47 Å². The van der Waals surface area contributed by atoms with Gasteiger partial charge in [0.1, 0.15) is 0 Å². The predicted octanol–water partition coefficient (Wildman–Crippen LogP) is 2.35. The SMILES string of the molecule is CC(C)N(CC(N)=O)CC(O)Cn1c2ccccc2c2ccccc21. The van der Waals surface area contributed by atoms with Crippen LogP contribution in [0.1, 0.15) is 13.8 Å². The molecule has 0 radical (unpaired) electrons. The summed E-state index contributed by atoms with van der Waals surface area (Å²) in [7, 11) is 0. The number of aliphatic hydroxyl groups is 1. The zero-order valence-electron chi connectivity index (χ0n) is 14.7. The molecule has 132 valence electrons. The Bertz CT molecular complexity index is 832. The largest absolute Gasteiger partial charge is 0.390 e. The first-order valence-electron chi connectivity index (χ1n) is 8.63. The molecule has 0 aliphatic heterocycles. The number of aliphatic hydroxyl groups excluding tert-OH is 1. The van der Waals surface area contributed by atoms with Crippen molar-refractivity contribution in [2.45, 2.75) is 32.5 Å². The molecule has 0 saturated heterocycles. The van der Waals surface area contributed by atoms with Gasteiger partial charge in [0.05, 0.1) is 19.2 Å². The average molecular weight is 339 g/mol. The number of nitrogens with zero attached hydrogens (tertiary/aromatic N) is 2. The van der Waals surface area contributed by atoms with Crippen LogP contribution >= 0.6 is 0 Å². The van der Waals surface area contributed by atoms with E-state index < -0.39 is 6.10 Å². The van der Waals surface area contributed by atoms with Crippen LogP contribution in [0.4, 0.5) is 0 Å². The van der Waals surface area contributed by atoms with Gasteiger partial charge < -0.3 is 15.4 Å². The minimum absolute atomic E-state index is 0.139. The fourth-order valence-corrected chi connectivity index (χ4v) is 3.40. The lowest BCUT2D eigenvalue weighted by molar-refractivity contribution is -0.119. The van der Waals surface area contributed by atoms with Gasteiger partial charge in [0.15, 0.2) is 0 Å². The van der Waals surface area contributed by atoms with Gasteiger partial charge in [0.2, 0.25) is 5.91 Å². The highest BCUT2D eigenvalue weighted by Crippen LogP contribution is 2.28. The van der Waals surface area contributed by atoms with Crippen LogP contribution < -0.4 is 5.73 Å². The second-order valence-corrected chi connectivity index (χ2v) is 6.79. The summed E-state index contributed by atoms with van der Waals surface area (Å²) in [5.41, 5.74) is 7.53. The van der Waals surface area contributed by atoms with Gasteiger partial charge in [-0.3, -0.25) is 9.69 Å². The number of aromatic nitrogens is 1. The van der Waals surface area contributed by atoms with Crippen molar-refractivity contribution < 1.29 is 9.90 Å². The Morgan fingerprint density at radius 3 is 2.08 bits per heavy atom. The smallest absolute Gasteiger partial charge is 0.231 e. The summed E-state index contributed by atoms with van der Waals surface area (Å²) in [6.45, 7) is 5.02. The molecule has 1 aromatic heterocycles. The Hall–Kier alpha value is -2.37. The molecule has 1 unspecified atom stereocenters. The molecule has 3 aromatic rings. The third-order valence-corrected chi connectivity index (χ3v) is 4.61. The minimum atomic E-state index is -0.596.